The number of nitrogen functional groups attached to an aromatic ring is 1. The Balaban J connectivity index is 2.15. The van der Waals surface area contributed by atoms with Gasteiger partial charge in [0.1, 0.15) is 11.6 Å². The van der Waals surface area contributed by atoms with Gasteiger partial charge in [-0.2, -0.15) is 0 Å². The number of benzene rings is 1. The standard InChI is InChI=1S/C14H10BrFN4/c15-11-6-10(16)1-2-12(11)20-8-18-7-13(20)9-3-4-19-14(17)5-9/h1-8H,(H2,17,19). The molecule has 6 heteroatoms. The maximum atomic E-state index is 13.2. The number of nitrogens with zero attached hydrogens (tertiary/aromatic N) is 3. The van der Waals surface area contributed by atoms with E-state index in [-0.39, 0.29) is 5.82 Å². The van der Waals surface area contributed by atoms with Crippen molar-refractivity contribution in [2.75, 3.05) is 5.73 Å². The quantitative estimate of drug-likeness (QED) is 0.782. The first kappa shape index (κ1) is 12.8. The van der Waals surface area contributed by atoms with Crippen LogP contribution in [0.15, 0.2) is 53.5 Å². The molecule has 0 aliphatic carbocycles. The second-order valence-corrected chi connectivity index (χ2v) is 5.07. The largest absolute Gasteiger partial charge is 0.384 e. The van der Waals surface area contributed by atoms with Crippen molar-refractivity contribution < 1.29 is 4.39 Å². The molecule has 0 saturated heterocycles. The fourth-order valence-corrected chi connectivity index (χ4v) is 2.53. The lowest BCUT2D eigenvalue weighted by molar-refractivity contribution is 0.626. The summed E-state index contributed by atoms with van der Waals surface area (Å²) in [6.45, 7) is 0. The molecule has 0 saturated carbocycles. The van der Waals surface area contributed by atoms with Crippen LogP contribution in [-0.4, -0.2) is 14.5 Å². The van der Waals surface area contributed by atoms with Gasteiger partial charge in [0.25, 0.3) is 0 Å². The smallest absolute Gasteiger partial charge is 0.124 e. The molecule has 2 heterocycles. The van der Waals surface area contributed by atoms with E-state index in [0.717, 1.165) is 16.9 Å². The minimum atomic E-state index is -0.296. The Morgan fingerprint density at radius 1 is 1.20 bits per heavy atom. The first-order chi connectivity index (χ1) is 9.65. The Hall–Kier alpha value is -2.21. The number of halogens is 2. The number of aromatic nitrogens is 3. The molecule has 0 spiro atoms. The van der Waals surface area contributed by atoms with E-state index >= 15 is 0 Å². The van der Waals surface area contributed by atoms with Crippen molar-refractivity contribution in [2.45, 2.75) is 0 Å². The van der Waals surface area contributed by atoms with Crippen molar-refractivity contribution in [3.05, 3.63) is 59.3 Å². The molecule has 20 heavy (non-hydrogen) atoms. The molecule has 4 nitrogen and oxygen atoms in total. The Morgan fingerprint density at radius 2 is 2.05 bits per heavy atom. The second kappa shape index (κ2) is 5.05. The van der Waals surface area contributed by atoms with Gasteiger partial charge >= 0.3 is 0 Å². The van der Waals surface area contributed by atoms with Crippen LogP contribution in [0.25, 0.3) is 16.9 Å². The lowest BCUT2D eigenvalue weighted by atomic mass is 10.2. The van der Waals surface area contributed by atoms with E-state index < -0.39 is 0 Å². The van der Waals surface area contributed by atoms with Gasteiger partial charge < -0.3 is 5.73 Å². The van der Waals surface area contributed by atoms with Crippen molar-refractivity contribution in [1.82, 2.24) is 14.5 Å². The first-order valence-electron chi connectivity index (χ1n) is 5.85. The predicted molar refractivity (Wildman–Crippen MR) is 78.9 cm³/mol. The molecule has 0 radical (unpaired) electrons. The number of nitrogens with two attached hydrogens (primary N) is 1. The van der Waals surface area contributed by atoms with E-state index in [1.54, 1.807) is 30.9 Å². The summed E-state index contributed by atoms with van der Waals surface area (Å²) in [5, 5.41) is 0. The average molecular weight is 333 g/mol. The zero-order chi connectivity index (χ0) is 14.1. The van der Waals surface area contributed by atoms with Crippen LogP contribution in [0.2, 0.25) is 0 Å². The van der Waals surface area contributed by atoms with Crippen LogP contribution >= 0.6 is 15.9 Å². The van der Waals surface area contributed by atoms with E-state index in [2.05, 4.69) is 25.9 Å². The van der Waals surface area contributed by atoms with E-state index in [9.17, 15) is 4.39 Å². The average Bonchev–Trinajstić information content (AvgIpc) is 2.87. The highest BCUT2D eigenvalue weighted by Crippen LogP contribution is 2.28. The summed E-state index contributed by atoms with van der Waals surface area (Å²) < 4.78 is 15.7. The van der Waals surface area contributed by atoms with Gasteiger partial charge in [-0.1, -0.05) is 0 Å². The molecule has 0 aliphatic rings. The minimum absolute atomic E-state index is 0.296. The molecule has 0 amide bonds. The number of hydrogen-bond donors (Lipinski definition) is 1. The van der Waals surface area contributed by atoms with E-state index in [4.69, 9.17) is 5.73 Å². The Labute approximate surface area is 123 Å². The van der Waals surface area contributed by atoms with Gasteiger partial charge in [0.15, 0.2) is 0 Å². The molecule has 0 bridgehead atoms. The highest BCUT2D eigenvalue weighted by Gasteiger charge is 2.10. The van der Waals surface area contributed by atoms with Gasteiger partial charge in [-0.05, 0) is 46.3 Å². The summed E-state index contributed by atoms with van der Waals surface area (Å²) in [6.07, 6.45) is 5.04. The minimum Gasteiger partial charge on any atom is -0.384 e. The van der Waals surface area contributed by atoms with Crippen LogP contribution in [-0.2, 0) is 0 Å². The lowest BCUT2D eigenvalue weighted by Gasteiger charge is -2.10. The van der Waals surface area contributed by atoms with Gasteiger partial charge in [0, 0.05) is 16.2 Å². The molecule has 2 N–H and O–H groups in total. The van der Waals surface area contributed by atoms with Gasteiger partial charge in [-0.3, -0.25) is 4.57 Å². The van der Waals surface area contributed by atoms with Gasteiger partial charge in [-0.15, -0.1) is 0 Å². The maximum Gasteiger partial charge on any atom is 0.124 e. The van der Waals surface area contributed by atoms with Crippen LogP contribution in [0.4, 0.5) is 10.2 Å². The first-order valence-corrected chi connectivity index (χ1v) is 6.64. The number of rotatable bonds is 2. The fourth-order valence-electron chi connectivity index (χ4n) is 1.98. The number of hydrogen-bond acceptors (Lipinski definition) is 3. The van der Waals surface area contributed by atoms with Crippen molar-refractivity contribution in [2.24, 2.45) is 0 Å². The molecular weight excluding hydrogens is 323 g/mol. The second-order valence-electron chi connectivity index (χ2n) is 4.21. The zero-order valence-electron chi connectivity index (χ0n) is 10.3. The van der Waals surface area contributed by atoms with Gasteiger partial charge in [0.2, 0.25) is 0 Å². The molecule has 1 aromatic carbocycles. The number of pyridine rings is 1. The third-order valence-electron chi connectivity index (χ3n) is 2.88. The Kier molecular flexibility index (Phi) is 3.23. The summed E-state index contributed by atoms with van der Waals surface area (Å²) in [5.41, 5.74) is 8.25. The summed E-state index contributed by atoms with van der Waals surface area (Å²) in [6, 6.07) is 8.13. The molecule has 3 aromatic rings. The summed E-state index contributed by atoms with van der Waals surface area (Å²) in [5.74, 6) is 0.142. The van der Waals surface area contributed by atoms with Crippen LogP contribution in [0.1, 0.15) is 0 Å². The van der Waals surface area contributed by atoms with Crippen LogP contribution in [0.5, 0.6) is 0 Å². The third kappa shape index (κ3) is 2.30. The Morgan fingerprint density at radius 3 is 2.80 bits per heavy atom. The monoisotopic (exact) mass is 332 g/mol. The molecule has 3 rings (SSSR count). The molecule has 0 fully saturated rings. The lowest BCUT2D eigenvalue weighted by Crippen LogP contribution is -1.98. The van der Waals surface area contributed by atoms with E-state index in [0.29, 0.717) is 10.3 Å². The molecule has 0 aliphatic heterocycles. The Bertz CT molecular complexity index is 769. The van der Waals surface area contributed by atoms with Crippen molar-refractivity contribution in [3.8, 4) is 16.9 Å². The SMILES string of the molecule is Nc1cc(-c2cncn2-c2ccc(F)cc2Br)ccn1. The van der Waals surface area contributed by atoms with Crippen molar-refractivity contribution in [1.29, 1.82) is 0 Å². The molecule has 2 aromatic heterocycles. The molecular formula is C14H10BrFN4. The van der Waals surface area contributed by atoms with Crippen LogP contribution in [0, 0.1) is 5.82 Å². The van der Waals surface area contributed by atoms with Crippen LogP contribution in [0.3, 0.4) is 0 Å². The van der Waals surface area contributed by atoms with E-state index in [1.807, 2.05) is 10.6 Å². The van der Waals surface area contributed by atoms with Crippen molar-refractivity contribution >= 4 is 21.7 Å². The summed E-state index contributed by atoms with van der Waals surface area (Å²) in [7, 11) is 0. The summed E-state index contributed by atoms with van der Waals surface area (Å²) >= 11 is 3.36. The molecule has 0 atom stereocenters. The summed E-state index contributed by atoms with van der Waals surface area (Å²) in [4.78, 5) is 8.13. The third-order valence-corrected chi connectivity index (χ3v) is 3.52. The number of imidazole rings is 1. The highest BCUT2D eigenvalue weighted by molar-refractivity contribution is 9.10. The number of anilines is 1. The fraction of sp³-hybridized carbons (Fsp3) is 0. The highest BCUT2D eigenvalue weighted by atomic mass is 79.9. The van der Waals surface area contributed by atoms with Crippen LogP contribution < -0.4 is 5.73 Å². The van der Waals surface area contributed by atoms with Crippen molar-refractivity contribution in [3.63, 3.8) is 0 Å². The molecule has 0 unspecified atom stereocenters. The maximum absolute atomic E-state index is 13.2. The normalized spacial score (nSPS) is 10.7. The van der Waals surface area contributed by atoms with Gasteiger partial charge in [-0.25, -0.2) is 14.4 Å². The van der Waals surface area contributed by atoms with E-state index in [1.165, 1.54) is 12.1 Å². The predicted octanol–water partition coefficient (Wildman–Crippen LogP) is 3.42. The van der Waals surface area contributed by atoms with Gasteiger partial charge in [0.05, 0.1) is 23.9 Å². The topological polar surface area (TPSA) is 56.7 Å². The molecule has 100 valence electrons. The zero-order valence-corrected chi connectivity index (χ0v) is 11.9.